The Morgan fingerprint density at radius 3 is 2.33 bits per heavy atom. The maximum atomic E-state index is 12.2. The zero-order valence-corrected chi connectivity index (χ0v) is 19.6. The molecule has 172 valence electrons. The summed E-state index contributed by atoms with van der Waals surface area (Å²) in [5.41, 5.74) is 5.23. The smallest absolute Gasteiger partial charge is 0.338 e. The van der Waals surface area contributed by atoms with Crippen molar-refractivity contribution in [3.63, 3.8) is 0 Å². The molecule has 2 N–H and O–H groups in total. The number of aromatic nitrogens is 2. The van der Waals surface area contributed by atoms with Crippen LogP contribution in [0.2, 0.25) is 5.02 Å². The second-order valence-corrected chi connectivity index (χ2v) is 7.97. The first-order valence-corrected chi connectivity index (χ1v) is 10.7. The second-order valence-electron chi connectivity index (χ2n) is 7.59. The van der Waals surface area contributed by atoms with Gasteiger partial charge >= 0.3 is 5.97 Å². The number of benzene rings is 2. The number of nitrogens with one attached hydrogen (secondary N) is 2. The lowest BCUT2D eigenvalue weighted by Gasteiger charge is -2.11. The van der Waals surface area contributed by atoms with Gasteiger partial charge in [0.2, 0.25) is 5.91 Å². The molecule has 0 radical (unpaired) electrons. The summed E-state index contributed by atoms with van der Waals surface area (Å²) in [6.07, 6.45) is 0. The zero-order valence-electron chi connectivity index (χ0n) is 18.9. The van der Waals surface area contributed by atoms with Crippen LogP contribution in [0.15, 0.2) is 42.5 Å². The average Bonchev–Trinajstić information content (AvgIpc) is 3.06. The van der Waals surface area contributed by atoms with Crippen molar-refractivity contribution in [2.45, 2.75) is 27.7 Å². The number of halogens is 1. The summed E-state index contributed by atoms with van der Waals surface area (Å²) in [6.45, 7) is 6.79. The van der Waals surface area contributed by atoms with Crippen LogP contribution < -0.4 is 10.6 Å². The fraction of sp³-hybridized carbons (Fsp3) is 0.250. The number of amides is 2. The predicted molar refractivity (Wildman–Crippen MR) is 126 cm³/mol. The molecule has 0 aliphatic heterocycles. The molecule has 1 heterocycles. The number of hydrogen-bond donors (Lipinski definition) is 2. The van der Waals surface area contributed by atoms with Crippen molar-refractivity contribution in [1.82, 2.24) is 15.1 Å². The van der Waals surface area contributed by atoms with E-state index in [0.717, 1.165) is 22.5 Å². The topological polar surface area (TPSA) is 102 Å². The van der Waals surface area contributed by atoms with E-state index in [-0.39, 0.29) is 18.0 Å². The Morgan fingerprint density at radius 1 is 1.00 bits per heavy atom. The summed E-state index contributed by atoms with van der Waals surface area (Å²) in [5.74, 6) is -1.60. The monoisotopic (exact) mass is 468 g/mol. The van der Waals surface area contributed by atoms with Crippen LogP contribution in [-0.2, 0) is 14.3 Å². The summed E-state index contributed by atoms with van der Waals surface area (Å²) >= 11 is 6.18. The molecule has 0 aliphatic carbocycles. The van der Waals surface area contributed by atoms with Crippen molar-refractivity contribution in [3.8, 4) is 5.69 Å². The van der Waals surface area contributed by atoms with E-state index in [1.54, 1.807) is 35.0 Å². The molecule has 0 unspecified atom stereocenters. The Bertz CT molecular complexity index is 1200. The highest BCUT2D eigenvalue weighted by molar-refractivity contribution is 6.31. The molecule has 3 rings (SSSR count). The van der Waals surface area contributed by atoms with Crippen molar-refractivity contribution in [2.24, 2.45) is 0 Å². The summed E-state index contributed by atoms with van der Waals surface area (Å²) in [7, 11) is 0. The van der Waals surface area contributed by atoms with E-state index in [0.29, 0.717) is 16.4 Å². The first kappa shape index (κ1) is 24.0. The molecule has 0 saturated heterocycles. The Morgan fingerprint density at radius 2 is 1.70 bits per heavy atom. The molecule has 2 aromatic carbocycles. The van der Waals surface area contributed by atoms with E-state index in [2.05, 4.69) is 15.7 Å². The minimum absolute atomic E-state index is 0.232. The highest BCUT2D eigenvalue weighted by atomic mass is 35.5. The summed E-state index contributed by atoms with van der Waals surface area (Å²) in [4.78, 5) is 36.3. The molecule has 0 bridgehead atoms. The van der Waals surface area contributed by atoms with Crippen LogP contribution in [0.25, 0.3) is 5.69 Å². The summed E-state index contributed by atoms with van der Waals surface area (Å²) < 4.78 is 6.73. The minimum Gasteiger partial charge on any atom is -0.452 e. The van der Waals surface area contributed by atoms with E-state index in [1.165, 1.54) is 0 Å². The number of hydrogen-bond acceptors (Lipinski definition) is 5. The Balaban J connectivity index is 1.48. The van der Waals surface area contributed by atoms with Gasteiger partial charge in [0.05, 0.1) is 34.2 Å². The number of anilines is 1. The van der Waals surface area contributed by atoms with Gasteiger partial charge in [-0.3, -0.25) is 9.59 Å². The molecule has 0 atom stereocenters. The predicted octanol–water partition coefficient (Wildman–Crippen LogP) is 3.67. The maximum absolute atomic E-state index is 12.2. The van der Waals surface area contributed by atoms with Gasteiger partial charge in [-0.2, -0.15) is 5.10 Å². The first-order valence-electron chi connectivity index (χ1n) is 10.3. The Hall–Kier alpha value is -3.65. The molecule has 1 aromatic heterocycles. The van der Waals surface area contributed by atoms with E-state index < -0.39 is 18.5 Å². The van der Waals surface area contributed by atoms with Gasteiger partial charge in [0.25, 0.3) is 5.91 Å². The van der Waals surface area contributed by atoms with Crippen molar-refractivity contribution in [3.05, 3.63) is 75.6 Å². The number of aryl methyl sites for hydroxylation is 2. The van der Waals surface area contributed by atoms with Crippen LogP contribution in [0.3, 0.4) is 0 Å². The number of carbonyl (C=O) groups is 3. The van der Waals surface area contributed by atoms with Gasteiger partial charge in [-0.25, -0.2) is 9.48 Å². The van der Waals surface area contributed by atoms with Gasteiger partial charge in [0, 0.05) is 5.69 Å². The number of ether oxygens (including phenoxy) is 1. The van der Waals surface area contributed by atoms with Crippen molar-refractivity contribution < 1.29 is 19.1 Å². The van der Waals surface area contributed by atoms with E-state index in [1.807, 2.05) is 39.8 Å². The van der Waals surface area contributed by atoms with Crippen molar-refractivity contribution >= 4 is 35.1 Å². The van der Waals surface area contributed by atoms with E-state index >= 15 is 0 Å². The van der Waals surface area contributed by atoms with Gasteiger partial charge < -0.3 is 15.4 Å². The molecular formula is C24H25ClN4O4. The number of carbonyl (C=O) groups excluding carboxylic acids is 3. The van der Waals surface area contributed by atoms with Crippen molar-refractivity contribution in [1.29, 1.82) is 0 Å². The highest BCUT2D eigenvalue weighted by Gasteiger charge is 2.14. The molecular weight excluding hydrogens is 444 g/mol. The quantitative estimate of drug-likeness (QED) is 0.515. The van der Waals surface area contributed by atoms with Gasteiger partial charge in [0.15, 0.2) is 6.61 Å². The van der Waals surface area contributed by atoms with Gasteiger partial charge in [0.1, 0.15) is 0 Å². The number of esters is 1. The number of nitrogens with zero attached hydrogens (tertiary/aromatic N) is 2. The first-order chi connectivity index (χ1) is 15.7. The SMILES string of the molecule is Cc1cccc(NC(=O)CNC(=O)COC(=O)c2ccc(-n3nc(C)c(Cl)c3C)cc2)c1C. The van der Waals surface area contributed by atoms with Gasteiger partial charge in [-0.05, 0) is 69.2 Å². The normalized spacial score (nSPS) is 10.6. The summed E-state index contributed by atoms with van der Waals surface area (Å²) in [6, 6.07) is 12.2. The van der Waals surface area contributed by atoms with E-state index in [4.69, 9.17) is 16.3 Å². The minimum atomic E-state index is -0.650. The molecule has 0 saturated carbocycles. The Labute approximate surface area is 196 Å². The third-order valence-electron chi connectivity index (χ3n) is 5.21. The van der Waals surface area contributed by atoms with Crippen LogP contribution in [0.4, 0.5) is 5.69 Å². The number of rotatable bonds is 7. The molecule has 0 spiro atoms. The second kappa shape index (κ2) is 10.3. The standard InChI is InChI=1S/C24H25ClN4O4/c1-14-6-5-7-20(15(14)2)27-21(30)12-26-22(31)13-33-24(32)18-8-10-19(11-9-18)29-17(4)23(25)16(3)28-29/h5-11H,12-13H2,1-4H3,(H,26,31)(H,27,30). The molecule has 9 heteroatoms. The van der Waals surface area contributed by atoms with E-state index in [9.17, 15) is 14.4 Å². The lowest BCUT2D eigenvalue weighted by atomic mass is 10.1. The lowest BCUT2D eigenvalue weighted by Crippen LogP contribution is -2.35. The van der Waals surface area contributed by atoms with Crippen LogP contribution in [0, 0.1) is 27.7 Å². The largest absolute Gasteiger partial charge is 0.452 e. The van der Waals surface area contributed by atoms with Crippen LogP contribution in [0.1, 0.15) is 32.9 Å². The molecule has 3 aromatic rings. The van der Waals surface area contributed by atoms with Crippen LogP contribution >= 0.6 is 11.6 Å². The molecule has 33 heavy (non-hydrogen) atoms. The molecule has 0 fully saturated rings. The van der Waals surface area contributed by atoms with Crippen LogP contribution in [0.5, 0.6) is 0 Å². The van der Waals surface area contributed by atoms with Gasteiger partial charge in [-0.1, -0.05) is 23.7 Å². The van der Waals surface area contributed by atoms with Crippen molar-refractivity contribution in [2.75, 3.05) is 18.5 Å². The average molecular weight is 469 g/mol. The fourth-order valence-corrected chi connectivity index (χ4v) is 3.26. The lowest BCUT2D eigenvalue weighted by molar-refractivity contribution is -0.126. The zero-order chi connectivity index (χ0) is 24.1. The molecule has 0 aliphatic rings. The van der Waals surface area contributed by atoms with Crippen LogP contribution in [-0.4, -0.2) is 40.7 Å². The molecule has 2 amide bonds. The highest BCUT2D eigenvalue weighted by Crippen LogP contribution is 2.22. The third-order valence-corrected chi connectivity index (χ3v) is 5.76. The fourth-order valence-electron chi connectivity index (χ4n) is 3.14. The van der Waals surface area contributed by atoms with Gasteiger partial charge in [-0.15, -0.1) is 0 Å². The maximum Gasteiger partial charge on any atom is 0.338 e. The third kappa shape index (κ3) is 5.78. The Kier molecular flexibility index (Phi) is 7.50. The molecule has 8 nitrogen and oxygen atoms in total. The summed E-state index contributed by atoms with van der Waals surface area (Å²) in [5, 5.41) is 10.1.